The minimum Gasteiger partial charge on any atom is -0.481 e. The molecule has 2 aliphatic carbocycles. The van der Waals surface area contributed by atoms with E-state index in [4.69, 9.17) is 0 Å². The summed E-state index contributed by atoms with van der Waals surface area (Å²) in [6.45, 7) is -1.21. The van der Waals surface area contributed by atoms with Crippen LogP contribution in [0.4, 0.5) is 23.4 Å². The number of carbonyl (C=O) groups is 2. The SMILES string of the molecule is CS(=O)(=O)CC(=O)Nc1c2c(nn1CCC1CC1)C[C@]1(CCc3cc(OCC(F)(F)F)c(F)cc31)NC2=O. The molecule has 9 nitrogen and oxygen atoms in total. The van der Waals surface area contributed by atoms with E-state index in [1.807, 2.05) is 0 Å². The quantitative estimate of drug-likeness (QED) is 0.481. The number of hydrogen-bond donors (Lipinski definition) is 2. The minimum absolute atomic E-state index is 0.113. The van der Waals surface area contributed by atoms with Gasteiger partial charge < -0.3 is 15.4 Å². The van der Waals surface area contributed by atoms with Gasteiger partial charge in [-0.05, 0) is 48.4 Å². The molecule has 1 aromatic carbocycles. The molecular weight excluding hydrogens is 532 g/mol. The highest BCUT2D eigenvalue weighted by molar-refractivity contribution is 7.91. The normalized spacial score (nSPS) is 20.7. The van der Waals surface area contributed by atoms with Gasteiger partial charge in [-0.1, -0.05) is 12.8 Å². The second kappa shape index (κ2) is 9.24. The summed E-state index contributed by atoms with van der Waals surface area (Å²) >= 11 is 0. The van der Waals surface area contributed by atoms with E-state index in [0.29, 0.717) is 42.1 Å². The van der Waals surface area contributed by atoms with Gasteiger partial charge in [0.1, 0.15) is 17.1 Å². The Morgan fingerprint density at radius 1 is 1.32 bits per heavy atom. The molecule has 5 rings (SSSR count). The molecule has 0 unspecified atom stereocenters. The predicted octanol–water partition coefficient (Wildman–Crippen LogP) is 2.87. The van der Waals surface area contributed by atoms with Gasteiger partial charge in [-0.2, -0.15) is 18.3 Å². The smallest absolute Gasteiger partial charge is 0.422 e. The van der Waals surface area contributed by atoms with Crippen LogP contribution in [0.15, 0.2) is 12.1 Å². The summed E-state index contributed by atoms with van der Waals surface area (Å²) in [5.74, 6) is -2.97. The number of nitrogens with one attached hydrogen (secondary N) is 2. The predicted molar refractivity (Wildman–Crippen MR) is 127 cm³/mol. The average Bonchev–Trinajstić information content (AvgIpc) is 3.48. The first-order chi connectivity index (χ1) is 17.7. The van der Waals surface area contributed by atoms with E-state index in [1.54, 1.807) is 0 Å². The molecule has 1 saturated carbocycles. The van der Waals surface area contributed by atoms with E-state index in [9.17, 15) is 35.6 Å². The van der Waals surface area contributed by atoms with Gasteiger partial charge in [0, 0.05) is 19.2 Å². The van der Waals surface area contributed by atoms with Crippen molar-refractivity contribution in [2.24, 2.45) is 5.92 Å². The zero-order chi connectivity index (χ0) is 27.5. The van der Waals surface area contributed by atoms with Gasteiger partial charge >= 0.3 is 6.18 Å². The van der Waals surface area contributed by atoms with Crippen molar-refractivity contribution >= 4 is 27.5 Å². The van der Waals surface area contributed by atoms with Crippen LogP contribution in [0.2, 0.25) is 0 Å². The molecule has 0 saturated heterocycles. The third-order valence-corrected chi connectivity index (χ3v) is 7.84. The minimum atomic E-state index is -4.62. The molecule has 2 aromatic rings. The number of amides is 2. The van der Waals surface area contributed by atoms with Crippen molar-refractivity contribution in [1.82, 2.24) is 15.1 Å². The molecule has 1 fully saturated rings. The number of nitrogens with zero attached hydrogens (tertiary/aromatic N) is 2. The van der Waals surface area contributed by atoms with E-state index in [0.717, 1.165) is 31.6 Å². The van der Waals surface area contributed by atoms with Crippen LogP contribution < -0.4 is 15.4 Å². The summed E-state index contributed by atoms with van der Waals surface area (Å²) in [6.07, 6.45) is 0.140. The van der Waals surface area contributed by atoms with E-state index >= 15 is 0 Å². The number of anilines is 1. The molecule has 2 heterocycles. The standard InChI is InChI=1S/C24H26F4N4O5S/c1-38(35,36)11-19(33)29-21-20-17(31-32(21)7-5-13-2-3-13)10-23(30-22(20)34)6-4-14-8-18(16(25)9-15(14)23)37-12-24(26,27)28/h8-9,13H,2-7,10-12H2,1H3,(H,29,33)(H,30,34)/t23-/m0/s1. The van der Waals surface area contributed by atoms with Crippen molar-refractivity contribution in [2.45, 2.75) is 56.8 Å². The van der Waals surface area contributed by atoms with Crippen LogP contribution in [-0.2, 0) is 39.6 Å². The summed E-state index contributed by atoms with van der Waals surface area (Å²) in [4.78, 5) is 25.8. The highest BCUT2D eigenvalue weighted by atomic mass is 32.2. The molecule has 1 aromatic heterocycles. The molecule has 38 heavy (non-hydrogen) atoms. The van der Waals surface area contributed by atoms with Crippen molar-refractivity contribution in [3.63, 3.8) is 0 Å². The lowest BCUT2D eigenvalue weighted by atomic mass is 9.82. The summed E-state index contributed by atoms with van der Waals surface area (Å²) in [6, 6.07) is 2.33. The number of aromatic nitrogens is 2. The number of ether oxygens (including phenoxy) is 1. The molecule has 0 bridgehead atoms. The zero-order valence-electron chi connectivity index (χ0n) is 20.5. The van der Waals surface area contributed by atoms with Crippen LogP contribution in [0.5, 0.6) is 5.75 Å². The van der Waals surface area contributed by atoms with E-state index in [2.05, 4.69) is 20.5 Å². The third-order valence-electron chi connectivity index (χ3n) is 7.06. The molecule has 1 aliphatic heterocycles. The number of sulfone groups is 1. The Bertz CT molecular complexity index is 1420. The second-order valence-electron chi connectivity index (χ2n) is 10.3. The van der Waals surface area contributed by atoms with E-state index < -0.39 is 57.3 Å². The Hall–Kier alpha value is -3.16. The molecule has 3 aliphatic rings. The highest BCUT2D eigenvalue weighted by Gasteiger charge is 2.47. The lowest BCUT2D eigenvalue weighted by Crippen LogP contribution is -2.50. The number of halogens is 4. The van der Waals surface area contributed by atoms with E-state index in [1.165, 1.54) is 10.7 Å². The maximum absolute atomic E-state index is 14.8. The van der Waals surface area contributed by atoms with Gasteiger partial charge in [0.25, 0.3) is 5.91 Å². The molecule has 1 atom stereocenters. The number of rotatable bonds is 8. The first-order valence-corrected chi connectivity index (χ1v) is 14.2. The lowest BCUT2D eigenvalue weighted by molar-refractivity contribution is -0.153. The number of hydrogen-bond acceptors (Lipinski definition) is 6. The first kappa shape index (κ1) is 26.4. The molecule has 1 spiro atoms. The van der Waals surface area contributed by atoms with Crippen molar-refractivity contribution in [3.8, 4) is 5.75 Å². The fourth-order valence-corrected chi connectivity index (χ4v) is 5.75. The molecule has 0 radical (unpaired) electrons. The Kier molecular flexibility index (Phi) is 6.43. The van der Waals surface area contributed by atoms with Crippen molar-refractivity contribution < 1.29 is 40.3 Å². The molecule has 2 amide bonds. The van der Waals surface area contributed by atoms with Crippen LogP contribution in [-0.4, -0.2) is 54.8 Å². The number of carbonyl (C=O) groups excluding carboxylic acids is 2. The summed E-state index contributed by atoms with van der Waals surface area (Å²) in [5.41, 5.74) is 0.440. The largest absolute Gasteiger partial charge is 0.481 e. The molecular formula is C24H26F4N4O5S. The number of aryl methyl sites for hydroxylation is 2. The van der Waals surface area contributed by atoms with Crippen molar-refractivity contribution in [1.29, 1.82) is 0 Å². The Labute approximate surface area is 215 Å². The van der Waals surface area contributed by atoms with Gasteiger partial charge in [0.15, 0.2) is 28.0 Å². The summed E-state index contributed by atoms with van der Waals surface area (Å²) < 4.78 is 81.8. The Morgan fingerprint density at radius 3 is 2.71 bits per heavy atom. The summed E-state index contributed by atoms with van der Waals surface area (Å²) in [7, 11) is -3.61. The molecule has 206 valence electrons. The topological polar surface area (TPSA) is 119 Å². The monoisotopic (exact) mass is 558 g/mol. The van der Waals surface area contributed by atoms with Crippen LogP contribution in [0.1, 0.15) is 52.9 Å². The van der Waals surface area contributed by atoms with Gasteiger partial charge in [-0.15, -0.1) is 0 Å². The van der Waals surface area contributed by atoms with Gasteiger partial charge in [0.2, 0.25) is 5.91 Å². The van der Waals surface area contributed by atoms with Crippen LogP contribution in [0.25, 0.3) is 0 Å². The number of benzene rings is 1. The zero-order valence-corrected chi connectivity index (χ0v) is 21.3. The highest BCUT2D eigenvalue weighted by Crippen LogP contribution is 2.45. The average molecular weight is 559 g/mol. The maximum Gasteiger partial charge on any atom is 0.422 e. The van der Waals surface area contributed by atoms with Crippen molar-refractivity contribution in [2.75, 3.05) is 23.9 Å². The summed E-state index contributed by atoms with van der Waals surface area (Å²) in [5, 5.41) is 10.0. The Balaban J connectivity index is 1.46. The maximum atomic E-state index is 14.8. The molecule has 14 heteroatoms. The second-order valence-corrected chi connectivity index (χ2v) is 12.4. The fraction of sp³-hybridized carbons (Fsp3) is 0.542. The third kappa shape index (κ3) is 5.49. The fourth-order valence-electron chi connectivity index (χ4n) is 5.20. The van der Waals surface area contributed by atoms with Crippen LogP contribution in [0.3, 0.4) is 0 Å². The number of alkyl halides is 3. The Morgan fingerprint density at radius 2 is 2.05 bits per heavy atom. The van der Waals surface area contributed by atoms with Gasteiger partial charge in [-0.25, -0.2) is 17.5 Å². The molecule has 2 N–H and O–H groups in total. The van der Waals surface area contributed by atoms with E-state index in [-0.39, 0.29) is 17.8 Å². The first-order valence-electron chi connectivity index (χ1n) is 12.2. The van der Waals surface area contributed by atoms with Crippen molar-refractivity contribution in [3.05, 3.63) is 40.3 Å². The number of fused-ring (bicyclic) bond motifs is 3. The lowest BCUT2D eigenvalue weighted by Gasteiger charge is -2.35. The van der Waals surface area contributed by atoms with Crippen LogP contribution in [0, 0.1) is 11.7 Å². The van der Waals surface area contributed by atoms with Gasteiger partial charge in [0.05, 0.1) is 11.2 Å². The van der Waals surface area contributed by atoms with Gasteiger partial charge in [-0.3, -0.25) is 9.59 Å². The van der Waals surface area contributed by atoms with Crippen LogP contribution >= 0.6 is 0 Å².